The van der Waals surface area contributed by atoms with Crippen molar-refractivity contribution in [3.05, 3.63) is 17.5 Å². The first-order chi connectivity index (χ1) is 9.15. The molecule has 0 amide bonds. The normalized spacial score (nSPS) is 19.6. The maximum Gasteiger partial charge on any atom is 0.0694 e. The van der Waals surface area contributed by atoms with E-state index in [1.807, 2.05) is 11.7 Å². The molecule has 0 aliphatic heterocycles. The van der Waals surface area contributed by atoms with Gasteiger partial charge in [0.25, 0.3) is 0 Å². The highest BCUT2D eigenvalue weighted by Crippen LogP contribution is 2.48. The van der Waals surface area contributed by atoms with Gasteiger partial charge in [0.2, 0.25) is 0 Å². The molecule has 2 aliphatic rings. The van der Waals surface area contributed by atoms with Crippen molar-refractivity contribution < 1.29 is 0 Å². The van der Waals surface area contributed by atoms with Crippen LogP contribution in [0.4, 0.5) is 0 Å². The van der Waals surface area contributed by atoms with Crippen LogP contribution in [0.1, 0.15) is 56.7 Å². The zero-order chi connectivity index (χ0) is 13.4. The van der Waals surface area contributed by atoms with Gasteiger partial charge in [0.1, 0.15) is 0 Å². The third-order valence-electron chi connectivity index (χ3n) is 4.63. The van der Waals surface area contributed by atoms with E-state index < -0.39 is 0 Å². The highest BCUT2D eigenvalue weighted by atomic mass is 15.3. The summed E-state index contributed by atoms with van der Waals surface area (Å²) < 4.78 is 1.95. The van der Waals surface area contributed by atoms with E-state index in [2.05, 4.69) is 30.5 Å². The summed E-state index contributed by atoms with van der Waals surface area (Å²) in [6.45, 7) is 6.64. The summed E-state index contributed by atoms with van der Waals surface area (Å²) in [5, 5.41) is 8.28. The Bertz CT molecular complexity index is 415. The van der Waals surface area contributed by atoms with E-state index in [9.17, 15) is 0 Å². The van der Waals surface area contributed by atoms with Crippen molar-refractivity contribution in [2.45, 2.75) is 52.0 Å². The molecule has 0 bridgehead atoms. The third kappa shape index (κ3) is 3.19. The molecule has 0 unspecified atom stereocenters. The number of aryl methyl sites for hydroxylation is 1. The topological polar surface area (TPSA) is 29.9 Å². The fraction of sp³-hybridized carbons (Fsp3) is 0.812. The second kappa shape index (κ2) is 5.28. The first-order valence-corrected chi connectivity index (χ1v) is 7.88. The van der Waals surface area contributed by atoms with Crippen molar-refractivity contribution in [3.8, 4) is 0 Å². The molecule has 2 saturated carbocycles. The van der Waals surface area contributed by atoms with Gasteiger partial charge in [-0.3, -0.25) is 4.68 Å². The third-order valence-corrected chi connectivity index (χ3v) is 4.63. The Balaban J connectivity index is 1.53. The van der Waals surface area contributed by atoms with Crippen LogP contribution in [0.3, 0.4) is 0 Å². The monoisotopic (exact) mass is 261 g/mol. The van der Waals surface area contributed by atoms with E-state index in [0.29, 0.717) is 5.92 Å². The van der Waals surface area contributed by atoms with Crippen LogP contribution in [-0.4, -0.2) is 16.3 Å². The standard InChI is InChI=1S/C16H27N3/c1-11(2)16-14(10-19(3)18-16)8-17-9-15(12-4-5-12)13-6-7-13/h10-13,15,17H,4-9H2,1-3H3. The first-order valence-electron chi connectivity index (χ1n) is 7.88. The Morgan fingerprint density at radius 1 is 1.26 bits per heavy atom. The largest absolute Gasteiger partial charge is 0.312 e. The Morgan fingerprint density at radius 3 is 2.42 bits per heavy atom. The van der Waals surface area contributed by atoms with Crippen molar-refractivity contribution in [2.75, 3.05) is 6.54 Å². The Labute approximate surface area is 116 Å². The molecule has 1 aromatic heterocycles. The molecule has 0 radical (unpaired) electrons. The zero-order valence-electron chi connectivity index (χ0n) is 12.5. The first kappa shape index (κ1) is 13.2. The quantitative estimate of drug-likeness (QED) is 0.817. The Hall–Kier alpha value is -0.830. The lowest BCUT2D eigenvalue weighted by Crippen LogP contribution is -2.25. The van der Waals surface area contributed by atoms with Crippen LogP contribution in [0.2, 0.25) is 0 Å². The van der Waals surface area contributed by atoms with Crippen LogP contribution in [0, 0.1) is 17.8 Å². The summed E-state index contributed by atoms with van der Waals surface area (Å²) in [5.41, 5.74) is 2.63. The number of aromatic nitrogens is 2. The van der Waals surface area contributed by atoms with Crippen LogP contribution in [0.5, 0.6) is 0 Å². The van der Waals surface area contributed by atoms with Crippen LogP contribution in [0.25, 0.3) is 0 Å². The van der Waals surface area contributed by atoms with E-state index >= 15 is 0 Å². The summed E-state index contributed by atoms with van der Waals surface area (Å²) in [4.78, 5) is 0. The van der Waals surface area contributed by atoms with Crippen molar-refractivity contribution in [1.82, 2.24) is 15.1 Å². The van der Waals surface area contributed by atoms with Gasteiger partial charge >= 0.3 is 0 Å². The molecule has 1 N–H and O–H groups in total. The molecule has 1 heterocycles. The lowest BCUT2D eigenvalue weighted by molar-refractivity contribution is 0.378. The lowest BCUT2D eigenvalue weighted by atomic mass is 9.98. The average molecular weight is 261 g/mol. The van der Waals surface area contributed by atoms with Crippen molar-refractivity contribution in [3.63, 3.8) is 0 Å². The minimum atomic E-state index is 0.515. The fourth-order valence-electron chi connectivity index (χ4n) is 3.32. The van der Waals surface area contributed by atoms with Gasteiger partial charge in [0, 0.05) is 25.4 Å². The van der Waals surface area contributed by atoms with Crippen molar-refractivity contribution >= 4 is 0 Å². The molecule has 3 nitrogen and oxygen atoms in total. The van der Waals surface area contributed by atoms with Crippen LogP contribution in [-0.2, 0) is 13.6 Å². The molecule has 2 fully saturated rings. The number of hydrogen-bond donors (Lipinski definition) is 1. The van der Waals surface area contributed by atoms with Gasteiger partial charge in [-0.1, -0.05) is 13.8 Å². The van der Waals surface area contributed by atoms with Crippen LogP contribution >= 0.6 is 0 Å². The minimum Gasteiger partial charge on any atom is -0.312 e. The number of nitrogens with zero attached hydrogens (tertiary/aromatic N) is 2. The molecule has 19 heavy (non-hydrogen) atoms. The molecular formula is C16H27N3. The van der Waals surface area contributed by atoms with Gasteiger partial charge in [-0.05, 0) is 55.9 Å². The van der Waals surface area contributed by atoms with E-state index in [1.165, 1.54) is 43.5 Å². The molecule has 2 aliphatic carbocycles. The van der Waals surface area contributed by atoms with Gasteiger partial charge in [-0.15, -0.1) is 0 Å². The highest BCUT2D eigenvalue weighted by Gasteiger charge is 2.40. The number of rotatable bonds is 7. The summed E-state index contributed by atoms with van der Waals surface area (Å²) >= 11 is 0. The van der Waals surface area contributed by atoms with Crippen LogP contribution < -0.4 is 5.32 Å². The fourth-order valence-corrected chi connectivity index (χ4v) is 3.32. The predicted molar refractivity (Wildman–Crippen MR) is 77.9 cm³/mol. The summed E-state index contributed by atoms with van der Waals surface area (Å²) in [7, 11) is 2.02. The van der Waals surface area contributed by atoms with Gasteiger partial charge < -0.3 is 5.32 Å². The second-order valence-corrected chi connectivity index (χ2v) is 6.84. The molecule has 3 rings (SSSR count). The molecule has 0 atom stereocenters. The SMILES string of the molecule is CC(C)c1nn(C)cc1CNCC(C1CC1)C1CC1. The molecule has 0 spiro atoms. The van der Waals surface area contributed by atoms with Crippen molar-refractivity contribution in [2.24, 2.45) is 24.8 Å². The summed E-state index contributed by atoms with van der Waals surface area (Å²) in [6.07, 6.45) is 8.09. The molecule has 1 aromatic rings. The van der Waals surface area contributed by atoms with E-state index in [1.54, 1.807) is 0 Å². The van der Waals surface area contributed by atoms with Gasteiger partial charge in [0.05, 0.1) is 5.69 Å². The Kier molecular flexibility index (Phi) is 3.66. The molecule has 3 heteroatoms. The smallest absolute Gasteiger partial charge is 0.0694 e. The molecular weight excluding hydrogens is 234 g/mol. The van der Waals surface area contributed by atoms with E-state index in [4.69, 9.17) is 0 Å². The van der Waals surface area contributed by atoms with E-state index in [0.717, 1.165) is 24.3 Å². The summed E-state index contributed by atoms with van der Waals surface area (Å²) in [6, 6.07) is 0. The highest BCUT2D eigenvalue weighted by molar-refractivity contribution is 5.20. The predicted octanol–water partition coefficient (Wildman–Crippen LogP) is 3.07. The number of nitrogens with one attached hydrogen (secondary N) is 1. The average Bonchev–Trinajstić information content (AvgIpc) is 3.24. The van der Waals surface area contributed by atoms with Crippen molar-refractivity contribution in [1.29, 1.82) is 0 Å². The van der Waals surface area contributed by atoms with Gasteiger partial charge in [0.15, 0.2) is 0 Å². The zero-order valence-corrected chi connectivity index (χ0v) is 12.5. The lowest BCUT2D eigenvalue weighted by Gasteiger charge is -2.16. The van der Waals surface area contributed by atoms with Gasteiger partial charge in [-0.2, -0.15) is 5.10 Å². The molecule has 0 aromatic carbocycles. The molecule has 106 valence electrons. The van der Waals surface area contributed by atoms with Crippen LogP contribution in [0.15, 0.2) is 6.20 Å². The summed E-state index contributed by atoms with van der Waals surface area (Å²) in [5.74, 6) is 3.55. The van der Waals surface area contributed by atoms with E-state index in [-0.39, 0.29) is 0 Å². The maximum atomic E-state index is 4.58. The van der Waals surface area contributed by atoms with Gasteiger partial charge in [-0.25, -0.2) is 0 Å². The minimum absolute atomic E-state index is 0.515. The number of hydrogen-bond acceptors (Lipinski definition) is 2. The Morgan fingerprint density at radius 2 is 1.89 bits per heavy atom. The maximum absolute atomic E-state index is 4.58. The second-order valence-electron chi connectivity index (χ2n) is 6.84. The molecule has 0 saturated heterocycles.